The Kier molecular flexibility index (Phi) is 6.95. The number of aryl methyl sites for hydroxylation is 1. The smallest absolute Gasteiger partial charge is 0.189 e. The van der Waals surface area contributed by atoms with Gasteiger partial charge >= 0.3 is 0 Å². The Bertz CT molecular complexity index is 420. The number of ether oxygens (including phenoxy) is 3. The zero-order valence-electron chi connectivity index (χ0n) is 13.1. The SMILES string of the molecule is COCCOCOc1cc(CN2CCNCC2)ccc1C. The lowest BCUT2D eigenvalue weighted by molar-refractivity contribution is -0.00880. The molecule has 1 fully saturated rings. The third kappa shape index (κ3) is 5.63. The van der Waals surface area contributed by atoms with Gasteiger partial charge in [-0.15, -0.1) is 0 Å². The van der Waals surface area contributed by atoms with Crippen LogP contribution in [-0.4, -0.2) is 58.2 Å². The Morgan fingerprint density at radius 2 is 2.00 bits per heavy atom. The molecule has 1 saturated heterocycles. The second-order valence-electron chi connectivity index (χ2n) is 5.29. The molecule has 1 aliphatic heterocycles. The predicted molar refractivity (Wildman–Crippen MR) is 82.6 cm³/mol. The van der Waals surface area contributed by atoms with E-state index < -0.39 is 0 Å². The standard InChI is InChI=1S/C16H26N2O3/c1-14-3-4-15(12-18-7-5-17-6-8-18)11-16(14)21-13-20-10-9-19-2/h3-4,11,17H,5-10,12-13H2,1-2H3. The first-order valence-electron chi connectivity index (χ1n) is 7.51. The molecule has 1 aromatic rings. The molecule has 0 amide bonds. The highest BCUT2D eigenvalue weighted by Crippen LogP contribution is 2.20. The lowest BCUT2D eigenvalue weighted by atomic mass is 10.1. The monoisotopic (exact) mass is 294 g/mol. The lowest BCUT2D eigenvalue weighted by Crippen LogP contribution is -2.42. The Morgan fingerprint density at radius 3 is 2.76 bits per heavy atom. The van der Waals surface area contributed by atoms with Gasteiger partial charge in [0.1, 0.15) is 5.75 Å². The normalized spacial score (nSPS) is 16.1. The molecule has 0 aromatic heterocycles. The lowest BCUT2D eigenvalue weighted by Gasteiger charge is -2.27. The van der Waals surface area contributed by atoms with E-state index in [1.54, 1.807) is 7.11 Å². The summed E-state index contributed by atoms with van der Waals surface area (Å²) in [6.07, 6.45) is 0. The first-order chi connectivity index (χ1) is 10.3. The molecule has 0 unspecified atom stereocenters. The van der Waals surface area contributed by atoms with Gasteiger partial charge < -0.3 is 19.5 Å². The topological polar surface area (TPSA) is 43.0 Å². The van der Waals surface area contributed by atoms with E-state index in [9.17, 15) is 0 Å². The van der Waals surface area contributed by atoms with E-state index in [0.29, 0.717) is 13.2 Å². The maximum atomic E-state index is 5.70. The molecule has 0 radical (unpaired) electrons. The van der Waals surface area contributed by atoms with E-state index in [4.69, 9.17) is 14.2 Å². The number of nitrogens with one attached hydrogen (secondary N) is 1. The van der Waals surface area contributed by atoms with Gasteiger partial charge in [0, 0.05) is 39.8 Å². The van der Waals surface area contributed by atoms with Gasteiger partial charge in [0.05, 0.1) is 13.2 Å². The minimum atomic E-state index is 0.265. The molecule has 21 heavy (non-hydrogen) atoms. The second-order valence-corrected chi connectivity index (χ2v) is 5.29. The van der Waals surface area contributed by atoms with Crippen LogP contribution in [0.2, 0.25) is 0 Å². The molecule has 2 rings (SSSR count). The van der Waals surface area contributed by atoms with Gasteiger partial charge in [-0.3, -0.25) is 4.90 Å². The van der Waals surface area contributed by atoms with Crippen LogP contribution >= 0.6 is 0 Å². The van der Waals surface area contributed by atoms with E-state index in [0.717, 1.165) is 44.0 Å². The summed E-state index contributed by atoms with van der Waals surface area (Å²) in [6.45, 7) is 8.78. The van der Waals surface area contributed by atoms with Crippen LogP contribution in [0.5, 0.6) is 5.75 Å². The Morgan fingerprint density at radius 1 is 1.19 bits per heavy atom. The zero-order chi connectivity index (χ0) is 14.9. The largest absolute Gasteiger partial charge is 0.467 e. The molecule has 5 heteroatoms. The van der Waals surface area contributed by atoms with Crippen molar-refractivity contribution < 1.29 is 14.2 Å². The summed E-state index contributed by atoms with van der Waals surface area (Å²) >= 11 is 0. The number of piperazine rings is 1. The van der Waals surface area contributed by atoms with E-state index >= 15 is 0 Å². The number of methoxy groups -OCH3 is 1. The summed E-state index contributed by atoms with van der Waals surface area (Å²) in [5.74, 6) is 0.903. The van der Waals surface area contributed by atoms with Crippen molar-refractivity contribution in [3.8, 4) is 5.75 Å². The van der Waals surface area contributed by atoms with Crippen LogP contribution in [0, 0.1) is 6.92 Å². The van der Waals surface area contributed by atoms with E-state index in [-0.39, 0.29) is 6.79 Å². The van der Waals surface area contributed by atoms with E-state index in [1.165, 1.54) is 5.56 Å². The van der Waals surface area contributed by atoms with Gasteiger partial charge in [-0.05, 0) is 24.1 Å². The van der Waals surface area contributed by atoms with Crippen molar-refractivity contribution in [2.45, 2.75) is 13.5 Å². The van der Waals surface area contributed by atoms with Crippen molar-refractivity contribution in [2.24, 2.45) is 0 Å². The minimum absolute atomic E-state index is 0.265. The molecule has 0 spiro atoms. The molecular formula is C16H26N2O3. The van der Waals surface area contributed by atoms with Crippen LogP contribution in [0.3, 0.4) is 0 Å². The molecule has 1 heterocycles. The molecule has 5 nitrogen and oxygen atoms in total. The highest BCUT2D eigenvalue weighted by Gasteiger charge is 2.11. The summed E-state index contributed by atoms with van der Waals surface area (Å²) in [4.78, 5) is 2.46. The van der Waals surface area contributed by atoms with Gasteiger partial charge in [-0.2, -0.15) is 0 Å². The van der Waals surface area contributed by atoms with E-state index in [1.807, 2.05) is 0 Å². The van der Waals surface area contributed by atoms with Crippen molar-refractivity contribution in [3.63, 3.8) is 0 Å². The molecule has 1 aromatic carbocycles. The fourth-order valence-corrected chi connectivity index (χ4v) is 2.33. The quantitative estimate of drug-likeness (QED) is 0.580. The van der Waals surface area contributed by atoms with Crippen molar-refractivity contribution in [1.29, 1.82) is 0 Å². The Balaban J connectivity index is 1.84. The third-order valence-electron chi connectivity index (χ3n) is 3.60. The number of hydrogen-bond donors (Lipinski definition) is 1. The van der Waals surface area contributed by atoms with Crippen LogP contribution in [0.1, 0.15) is 11.1 Å². The maximum absolute atomic E-state index is 5.70. The van der Waals surface area contributed by atoms with Gasteiger partial charge in [0.2, 0.25) is 0 Å². The van der Waals surface area contributed by atoms with Crippen molar-refractivity contribution in [3.05, 3.63) is 29.3 Å². The van der Waals surface area contributed by atoms with Crippen molar-refractivity contribution >= 4 is 0 Å². The summed E-state index contributed by atoms with van der Waals surface area (Å²) in [5.41, 5.74) is 2.42. The van der Waals surface area contributed by atoms with Crippen LogP contribution in [-0.2, 0) is 16.0 Å². The molecule has 0 aliphatic carbocycles. The van der Waals surface area contributed by atoms with Gasteiger partial charge in [-0.25, -0.2) is 0 Å². The molecule has 1 N–H and O–H groups in total. The van der Waals surface area contributed by atoms with Crippen LogP contribution in [0.4, 0.5) is 0 Å². The van der Waals surface area contributed by atoms with Gasteiger partial charge in [-0.1, -0.05) is 12.1 Å². The average Bonchev–Trinajstić information content (AvgIpc) is 2.51. The summed E-state index contributed by atoms with van der Waals surface area (Å²) in [7, 11) is 1.66. The van der Waals surface area contributed by atoms with Crippen molar-refractivity contribution in [1.82, 2.24) is 10.2 Å². The summed E-state index contributed by atoms with van der Waals surface area (Å²) < 4.78 is 16.0. The molecule has 0 saturated carbocycles. The van der Waals surface area contributed by atoms with Crippen LogP contribution in [0.15, 0.2) is 18.2 Å². The highest BCUT2D eigenvalue weighted by molar-refractivity contribution is 5.36. The molecule has 0 bridgehead atoms. The maximum Gasteiger partial charge on any atom is 0.189 e. The Hall–Kier alpha value is -1.14. The fraction of sp³-hybridized carbons (Fsp3) is 0.625. The molecular weight excluding hydrogens is 268 g/mol. The molecule has 1 aliphatic rings. The number of benzene rings is 1. The number of nitrogens with zero attached hydrogens (tertiary/aromatic N) is 1. The summed E-state index contributed by atoms with van der Waals surface area (Å²) in [6, 6.07) is 6.41. The summed E-state index contributed by atoms with van der Waals surface area (Å²) in [5, 5.41) is 3.37. The molecule has 118 valence electrons. The fourth-order valence-electron chi connectivity index (χ4n) is 2.33. The first kappa shape index (κ1) is 16.2. The van der Waals surface area contributed by atoms with Crippen LogP contribution < -0.4 is 10.1 Å². The zero-order valence-corrected chi connectivity index (χ0v) is 13.1. The minimum Gasteiger partial charge on any atom is -0.467 e. The van der Waals surface area contributed by atoms with Crippen LogP contribution in [0.25, 0.3) is 0 Å². The second kappa shape index (κ2) is 9.00. The first-order valence-corrected chi connectivity index (χ1v) is 7.51. The number of rotatable bonds is 8. The predicted octanol–water partition coefficient (Wildman–Crippen LogP) is 1.40. The highest BCUT2D eigenvalue weighted by atomic mass is 16.7. The van der Waals surface area contributed by atoms with Gasteiger partial charge in [0.25, 0.3) is 0 Å². The number of hydrogen-bond acceptors (Lipinski definition) is 5. The average molecular weight is 294 g/mol. The van der Waals surface area contributed by atoms with E-state index in [2.05, 4.69) is 35.3 Å². The van der Waals surface area contributed by atoms with Crippen molar-refractivity contribution in [2.75, 3.05) is 53.3 Å². The van der Waals surface area contributed by atoms with Gasteiger partial charge in [0.15, 0.2) is 6.79 Å². The third-order valence-corrected chi connectivity index (χ3v) is 3.60. The molecule has 0 atom stereocenters. The Labute approximate surface area is 127 Å².